The van der Waals surface area contributed by atoms with E-state index in [1.165, 1.54) is 5.32 Å². The lowest BCUT2D eigenvalue weighted by Crippen LogP contribution is -2.72. The highest BCUT2D eigenvalue weighted by Gasteiger charge is 2.72. The van der Waals surface area contributed by atoms with Crippen LogP contribution in [0.4, 0.5) is 40.8 Å². The molecule has 2 N–H and O–H groups in total. The van der Waals surface area contributed by atoms with E-state index in [4.69, 9.17) is 0 Å². The second kappa shape index (κ2) is 7.05. The van der Waals surface area contributed by atoms with Crippen LogP contribution < -0.4 is 10.6 Å². The Morgan fingerprint density at radius 1 is 0.778 bits per heavy atom. The molecule has 146 valence electrons. The van der Waals surface area contributed by atoms with Crippen LogP contribution in [0.25, 0.3) is 0 Å². The zero-order chi connectivity index (χ0) is 20.5. The number of hydrogen-bond donors (Lipinski definition) is 2. The number of amides is 1. The van der Waals surface area contributed by atoms with Crippen LogP contribution in [0, 0.1) is 11.6 Å². The Kier molecular flexibility index (Phi) is 5.34. The van der Waals surface area contributed by atoms with Gasteiger partial charge in [0.2, 0.25) is 0 Å². The molecule has 2 aromatic rings. The molecule has 3 nitrogen and oxygen atoms in total. The van der Waals surface area contributed by atoms with Gasteiger partial charge >= 0.3 is 18.0 Å². The Balaban J connectivity index is 2.51. The van der Waals surface area contributed by atoms with Crippen LogP contribution in [0.15, 0.2) is 48.5 Å². The smallest absolute Gasteiger partial charge is 0.348 e. The van der Waals surface area contributed by atoms with Gasteiger partial charge in [-0.3, -0.25) is 4.79 Å². The van der Waals surface area contributed by atoms with E-state index in [9.17, 15) is 39.9 Å². The number of carbonyl (C=O) groups is 1. The van der Waals surface area contributed by atoms with Gasteiger partial charge in [-0.15, -0.1) is 0 Å². The molecular weight excluding hydrogens is 388 g/mol. The fourth-order valence-corrected chi connectivity index (χ4v) is 2.10. The summed E-state index contributed by atoms with van der Waals surface area (Å²) in [6.45, 7) is 0. The molecule has 11 heteroatoms. The van der Waals surface area contributed by atoms with Gasteiger partial charge < -0.3 is 10.6 Å². The molecule has 0 aromatic heterocycles. The van der Waals surface area contributed by atoms with Crippen LogP contribution in [0.3, 0.4) is 0 Å². The van der Waals surface area contributed by atoms with E-state index >= 15 is 0 Å². The predicted molar refractivity (Wildman–Crippen MR) is 78.7 cm³/mol. The largest absolute Gasteiger partial charge is 0.439 e. The molecule has 0 saturated heterocycles. The predicted octanol–water partition coefficient (Wildman–Crippen LogP) is 4.63. The van der Waals surface area contributed by atoms with Crippen LogP contribution in [0.1, 0.15) is 10.4 Å². The van der Waals surface area contributed by atoms with Crippen molar-refractivity contribution in [2.75, 3.05) is 5.32 Å². The number of carbonyl (C=O) groups excluding carboxylic acids is 1. The maximum absolute atomic E-state index is 13.4. The molecule has 0 spiro atoms. The molecule has 0 atom stereocenters. The van der Waals surface area contributed by atoms with Gasteiger partial charge in [-0.2, -0.15) is 26.3 Å². The van der Waals surface area contributed by atoms with Crippen molar-refractivity contribution in [3.8, 4) is 0 Å². The average Bonchev–Trinajstić information content (AvgIpc) is 2.54. The van der Waals surface area contributed by atoms with Crippen molar-refractivity contribution >= 4 is 11.6 Å². The standard InChI is InChI=1S/C16H10F8N2O/c17-10-4-6-12(7-5-10)25-14(15(19,20)21,16(22,23)24)26-13(27)9-2-1-3-11(18)8-9/h1-8,25H,(H,26,27). The van der Waals surface area contributed by atoms with Gasteiger partial charge in [0.15, 0.2) is 0 Å². The summed E-state index contributed by atoms with van der Waals surface area (Å²) in [6.07, 6.45) is -12.1. The maximum atomic E-state index is 13.4. The van der Waals surface area contributed by atoms with E-state index in [0.29, 0.717) is 30.3 Å². The Morgan fingerprint density at radius 2 is 1.33 bits per heavy atom. The van der Waals surface area contributed by atoms with Gasteiger partial charge in [-0.25, -0.2) is 8.78 Å². The summed E-state index contributed by atoms with van der Waals surface area (Å²) in [5.74, 6) is -3.74. The molecule has 0 fully saturated rings. The topological polar surface area (TPSA) is 41.1 Å². The molecule has 2 aromatic carbocycles. The number of benzene rings is 2. The molecule has 27 heavy (non-hydrogen) atoms. The number of nitrogens with one attached hydrogen (secondary N) is 2. The summed E-state index contributed by atoms with van der Waals surface area (Å²) >= 11 is 0. The van der Waals surface area contributed by atoms with Crippen LogP contribution in [-0.4, -0.2) is 23.9 Å². The minimum atomic E-state index is -6.05. The van der Waals surface area contributed by atoms with E-state index < -0.39 is 46.8 Å². The third kappa shape index (κ3) is 4.29. The van der Waals surface area contributed by atoms with Crippen molar-refractivity contribution < 1.29 is 39.9 Å². The minimum Gasteiger partial charge on any atom is -0.348 e. The van der Waals surface area contributed by atoms with Crippen molar-refractivity contribution in [2.45, 2.75) is 18.0 Å². The van der Waals surface area contributed by atoms with Gasteiger partial charge in [-0.1, -0.05) is 6.07 Å². The first-order valence-electron chi connectivity index (χ1n) is 7.11. The van der Waals surface area contributed by atoms with Gasteiger partial charge in [0.1, 0.15) is 11.6 Å². The summed E-state index contributed by atoms with van der Waals surface area (Å²) < 4.78 is 107. The fraction of sp³-hybridized carbons (Fsp3) is 0.188. The van der Waals surface area contributed by atoms with Crippen LogP contribution >= 0.6 is 0 Å². The van der Waals surface area contributed by atoms with Crippen molar-refractivity contribution in [3.05, 3.63) is 65.7 Å². The molecule has 0 bridgehead atoms. The quantitative estimate of drug-likeness (QED) is 0.583. The van der Waals surface area contributed by atoms with Gasteiger partial charge in [0.25, 0.3) is 5.91 Å². The van der Waals surface area contributed by atoms with Crippen LogP contribution in [-0.2, 0) is 0 Å². The molecule has 0 unspecified atom stereocenters. The monoisotopic (exact) mass is 398 g/mol. The van der Waals surface area contributed by atoms with E-state index in [1.54, 1.807) is 0 Å². The highest BCUT2D eigenvalue weighted by Crippen LogP contribution is 2.43. The second-order valence-electron chi connectivity index (χ2n) is 5.34. The average molecular weight is 398 g/mol. The van der Waals surface area contributed by atoms with Gasteiger partial charge in [-0.05, 0) is 42.5 Å². The number of rotatable bonds is 4. The lowest BCUT2D eigenvalue weighted by Gasteiger charge is -2.39. The Morgan fingerprint density at radius 3 is 1.81 bits per heavy atom. The first-order chi connectivity index (χ1) is 12.4. The van der Waals surface area contributed by atoms with Crippen molar-refractivity contribution in [2.24, 2.45) is 0 Å². The SMILES string of the molecule is O=C(NC(Nc1ccc(F)cc1)(C(F)(F)F)C(F)(F)F)c1cccc(F)c1. The van der Waals surface area contributed by atoms with E-state index in [1.807, 2.05) is 0 Å². The number of hydrogen-bond acceptors (Lipinski definition) is 2. The van der Waals surface area contributed by atoms with Gasteiger partial charge in [0, 0.05) is 11.3 Å². The zero-order valence-electron chi connectivity index (χ0n) is 13.1. The Bertz CT molecular complexity index is 800. The number of anilines is 1. The summed E-state index contributed by atoms with van der Waals surface area (Å²) in [7, 11) is 0. The van der Waals surface area contributed by atoms with E-state index in [0.717, 1.165) is 23.5 Å². The molecular formula is C16H10F8N2O. The third-order valence-electron chi connectivity index (χ3n) is 3.41. The molecule has 0 heterocycles. The molecule has 2 rings (SSSR count). The Labute approximate surface area is 147 Å². The van der Waals surface area contributed by atoms with E-state index in [2.05, 4.69) is 0 Å². The van der Waals surface area contributed by atoms with Crippen LogP contribution in [0.5, 0.6) is 0 Å². The lowest BCUT2D eigenvalue weighted by molar-refractivity contribution is -0.294. The highest BCUT2D eigenvalue weighted by molar-refractivity contribution is 5.95. The lowest BCUT2D eigenvalue weighted by atomic mass is 10.1. The summed E-state index contributed by atoms with van der Waals surface area (Å²) in [5.41, 5.74) is -6.42. The van der Waals surface area contributed by atoms with Gasteiger partial charge in [0.05, 0.1) is 0 Å². The van der Waals surface area contributed by atoms with Crippen molar-refractivity contribution in [1.82, 2.24) is 5.32 Å². The molecule has 0 aliphatic rings. The molecule has 1 amide bonds. The van der Waals surface area contributed by atoms with Crippen LogP contribution in [0.2, 0.25) is 0 Å². The molecule has 0 radical (unpaired) electrons. The van der Waals surface area contributed by atoms with E-state index in [-0.39, 0.29) is 0 Å². The summed E-state index contributed by atoms with van der Waals surface area (Å²) in [4.78, 5) is 12.0. The zero-order valence-corrected chi connectivity index (χ0v) is 13.1. The van der Waals surface area contributed by atoms with Crippen molar-refractivity contribution in [3.63, 3.8) is 0 Å². The first-order valence-corrected chi connectivity index (χ1v) is 7.11. The first kappa shape index (κ1) is 20.5. The summed E-state index contributed by atoms with van der Waals surface area (Å²) in [6, 6.07) is 5.65. The normalized spacial score (nSPS) is 12.6. The third-order valence-corrected chi connectivity index (χ3v) is 3.41. The Hall–Kier alpha value is -2.85. The van der Waals surface area contributed by atoms with Crippen molar-refractivity contribution in [1.29, 1.82) is 0 Å². The highest BCUT2D eigenvalue weighted by atomic mass is 19.4. The molecule has 0 saturated carbocycles. The summed E-state index contributed by atoms with van der Waals surface area (Å²) in [5, 5.41) is 2.03. The number of alkyl halides is 6. The molecule has 0 aliphatic carbocycles. The molecule has 0 aliphatic heterocycles. The second-order valence-corrected chi connectivity index (χ2v) is 5.34. The fourth-order valence-electron chi connectivity index (χ4n) is 2.10. The minimum absolute atomic E-state index is 0.477. The maximum Gasteiger partial charge on any atom is 0.439 e. The number of halogens is 8.